The Bertz CT molecular complexity index is 1090. The molecule has 2 fully saturated rings. The highest BCUT2D eigenvalue weighted by atomic mass is 35.5. The highest BCUT2D eigenvalue weighted by Gasteiger charge is 2.26. The number of nitrogens with one attached hydrogen (secondary N) is 3. The summed E-state index contributed by atoms with van der Waals surface area (Å²) in [7, 11) is 0. The van der Waals surface area contributed by atoms with E-state index in [1.54, 1.807) is 6.08 Å². The number of rotatable bonds is 8. The molecule has 0 spiro atoms. The van der Waals surface area contributed by atoms with E-state index >= 15 is 0 Å². The van der Waals surface area contributed by atoms with Crippen LogP contribution in [-0.2, 0) is 4.74 Å². The minimum Gasteiger partial charge on any atom is -0.379 e. The summed E-state index contributed by atoms with van der Waals surface area (Å²) in [6.07, 6.45) is 10.2. The molecule has 0 amide bonds. The van der Waals surface area contributed by atoms with Crippen LogP contribution in [0.4, 0.5) is 0 Å². The van der Waals surface area contributed by atoms with Crippen LogP contribution in [0, 0.1) is 0 Å². The van der Waals surface area contributed by atoms with Gasteiger partial charge in [-0.25, -0.2) is 15.4 Å². The van der Waals surface area contributed by atoms with E-state index in [2.05, 4.69) is 49.5 Å². The zero-order chi connectivity index (χ0) is 21.2. The molecule has 1 aliphatic heterocycles. The standard InChI is InChI=1S/C23H25ClN6O/c24-21(25)10-18(26-11-17-2-1-9-31-17)23-28-13-20(30-23)15-5-3-14(4-6-15)19-12-27-22(29-19)16-7-8-16/h3-6,10,12-13,16-17,25-26H,1-2,7-9,11H2,(H,27,29)(H,28,30)/p+1/b18-10+,25-21?. The van der Waals surface area contributed by atoms with Crippen LogP contribution in [0.3, 0.4) is 0 Å². The Balaban J connectivity index is 1.31. The van der Waals surface area contributed by atoms with E-state index in [4.69, 9.17) is 21.7 Å². The van der Waals surface area contributed by atoms with Gasteiger partial charge in [0.25, 0.3) is 5.17 Å². The minimum atomic E-state index is 0.197. The topological polar surface area (TPSA) is 104 Å². The molecule has 160 valence electrons. The van der Waals surface area contributed by atoms with Crippen molar-refractivity contribution in [1.82, 2.24) is 25.3 Å². The Labute approximate surface area is 185 Å². The second-order valence-corrected chi connectivity index (χ2v) is 8.57. The first-order valence-corrected chi connectivity index (χ1v) is 11.1. The number of hydrogen-bond acceptors (Lipinski definition) is 4. The van der Waals surface area contributed by atoms with Gasteiger partial charge in [-0.2, -0.15) is 0 Å². The molecule has 1 atom stereocenters. The fourth-order valence-corrected chi connectivity index (χ4v) is 3.96. The van der Waals surface area contributed by atoms with E-state index in [0.717, 1.165) is 53.5 Å². The molecule has 31 heavy (non-hydrogen) atoms. The van der Waals surface area contributed by atoms with Crippen LogP contribution in [0.15, 0.2) is 42.7 Å². The lowest BCUT2D eigenvalue weighted by Gasteiger charge is -2.13. The lowest BCUT2D eigenvalue weighted by atomic mass is 10.1. The number of aromatic nitrogens is 4. The molecular weight excluding hydrogens is 412 g/mol. The molecule has 1 unspecified atom stereocenters. The molecule has 5 N–H and O–H groups in total. The van der Waals surface area contributed by atoms with Crippen molar-refractivity contribution in [2.24, 2.45) is 0 Å². The van der Waals surface area contributed by atoms with Gasteiger partial charge in [0.2, 0.25) is 0 Å². The monoisotopic (exact) mass is 437 g/mol. The van der Waals surface area contributed by atoms with Gasteiger partial charge in [-0.15, -0.1) is 0 Å². The highest BCUT2D eigenvalue weighted by molar-refractivity contribution is 6.66. The maximum Gasteiger partial charge on any atom is 0.268 e. The van der Waals surface area contributed by atoms with Crippen LogP contribution in [0.1, 0.15) is 43.3 Å². The summed E-state index contributed by atoms with van der Waals surface area (Å²) in [5.74, 6) is 2.40. The normalized spacial score (nSPS) is 19.0. The van der Waals surface area contributed by atoms with E-state index in [1.165, 1.54) is 12.8 Å². The van der Waals surface area contributed by atoms with Crippen LogP contribution < -0.4 is 10.7 Å². The SMILES string of the molecule is [NH2+]=C(Cl)/C=C(/NCC1CCCO1)c1ncc(-c2ccc(-c3cnc(C4CC4)[nH]3)cc2)[nH]1. The van der Waals surface area contributed by atoms with Crippen molar-refractivity contribution in [1.29, 1.82) is 0 Å². The molecular formula is C23H26ClN6O+. The molecule has 8 heteroatoms. The molecule has 0 bridgehead atoms. The zero-order valence-corrected chi connectivity index (χ0v) is 18.0. The maximum atomic E-state index is 5.94. The number of H-pyrrole nitrogens is 2. The van der Waals surface area contributed by atoms with Crippen molar-refractivity contribution in [2.75, 3.05) is 13.2 Å². The lowest BCUT2D eigenvalue weighted by molar-refractivity contribution is -0.107. The Hall–Kier alpha value is -2.90. The Morgan fingerprint density at radius 2 is 1.81 bits per heavy atom. The predicted molar refractivity (Wildman–Crippen MR) is 121 cm³/mol. The van der Waals surface area contributed by atoms with Crippen LogP contribution in [0.25, 0.3) is 28.2 Å². The third kappa shape index (κ3) is 4.73. The summed E-state index contributed by atoms with van der Waals surface area (Å²) >= 11 is 5.94. The summed E-state index contributed by atoms with van der Waals surface area (Å²) in [5.41, 5.74) is 4.88. The van der Waals surface area contributed by atoms with Crippen LogP contribution in [0.2, 0.25) is 0 Å². The molecule has 2 aliphatic rings. The molecule has 1 saturated carbocycles. The third-order valence-corrected chi connectivity index (χ3v) is 5.83. The average Bonchev–Trinajstić information content (AvgIpc) is 3.20. The number of allylic oxidation sites excluding steroid dienone is 1. The molecule has 1 saturated heterocycles. The predicted octanol–water partition coefficient (Wildman–Crippen LogP) is 2.85. The molecule has 5 rings (SSSR count). The van der Waals surface area contributed by atoms with E-state index < -0.39 is 0 Å². The number of halogens is 1. The van der Waals surface area contributed by atoms with Gasteiger partial charge in [0, 0.05) is 25.1 Å². The molecule has 2 aromatic heterocycles. The highest BCUT2D eigenvalue weighted by Crippen LogP contribution is 2.39. The van der Waals surface area contributed by atoms with Gasteiger partial charge in [0.1, 0.15) is 5.82 Å². The van der Waals surface area contributed by atoms with Crippen molar-refractivity contribution in [3.8, 4) is 22.5 Å². The summed E-state index contributed by atoms with van der Waals surface area (Å²) < 4.78 is 5.69. The van der Waals surface area contributed by atoms with E-state index in [0.29, 0.717) is 18.3 Å². The molecule has 3 heterocycles. The van der Waals surface area contributed by atoms with Crippen molar-refractivity contribution >= 4 is 22.5 Å². The fraction of sp³-hybridized carbons (Fsp3) is 0.348. The van der Waals surface area contributed by atoms with Crippen molar-refractivity contribution < 1.29 is 10.1 Å². The van der Waals surface area contributed by atoms with Gasteiger partial charge in [-0.1, -0.05) is 24.3 Å². The molecule has 0 radical (unpaired) electrons. The number of hydrogen-bond donors (Lipinski definition) is 4. The van der Waals surface area contributed by atoms with Gasteiger partial charge in [0.15, 0.2) is 5.82 Å². The quantitative estimate of drug-likeness (QED) is 0.407. The smallest absolute Gasteiger partial charge is 0.268 e. The van der Waals surface area contributed by atoms with Crippen molar-refractivity contribution in [2.45, 2.75) is 37.7 Å². The van der Waals surface area contributed by atoms with Gasteiger partial charge >= 0.3 is 0 Å². The molecule has 7 nitrogen and oxygen atoms in total. The molecule has 3 aromatic rings. The number of aromatic amines is 2. The fourth-order valence-electron chi connectivity index (χ4n) is 3.85. The largest absolute Gasteiger partial charge is 0.379 e. The average molecular weight is 438 g/mol. The number of imidazole rings is 2. The van der Waals surface area contributed by atoms with E-state index in [9.17, 15) is 0 Å². The van der Waals surface area contributed by atoms with Gasteiger partial charge in [0.05, 0.1) is 35.6 Å². The van der Waals surface area contributed by atoms with Gasteiger partial charge in [-0.05, 0) is 48.4 Å². The number of nitrogens with two attached hydrogens (primary N) is 1. The van der Waals surface area contributed by atoms with Gasteiger partial charge < -0.3 is 20.0 Å². The van der Waals surface area contributed by atoms with Crippen LogP contribution in [-0.4, -0.2) is 44.4 Å². The summed E-state index contributed by atoms with van der Waals surface area (Å²) in [4.78, 5) is 15.8. The van der Waals surface area contributed by atoms with Crippen LogP contribution >= 0.6 is 11.6 Å². The molecule has 1 aromatic carbocycles. The van der Waals surface area contributed by atoms with Crippen molar-refractivity contribution in [3.05, 3.63) is 54.4 Å². The Morgan fingerprint density at radius 3 is 2.45 bits per heavy atom. The minimum absolute atomic E-state index is 0.197. The third-order valence-electron chi connectivity index (χ3n) is 5.72. The Morgan fingerprint density at radius 1 is 1.10 bits per heavy atom. The van der Waals surface area contributed by atoms with Crippen LogP contribution in [0.5, 0.6) is 0 Å². The van der Waals surface area contributed by atoms with Crippen molar-refractivity contribution in [3.63, 3.8) is 0 Å². The number of benzene rings is 1. The lowest BCUT2D eigenvalue weighted by Crippen LogP contribution is -2.35. The maximum absolute atomic E-state index is 5.94. The second-order valence-electron chi connectivity index (χ2n) is 8.14. The molecule has 1 aliphatic carbocycles. The summed E-state index contributed by atoms with van der Waals surface area (Å²) in [6, 6.07) is 8.35. The first kappa shape index (κ1) is 20.0. The summed E-state index contributed by atoms with van der Waals surface area (Å²) in [5, 5.41) is 9.28. The zero-order valence-electron chi connectivity index (χ0n) is 17.2. The van der Waals surface area contributed by atoms with E-state index in [-0.39, 0.29) is 11.3 Å². The van der Waals surface area contributed by atoms with Gasteiger partial charge in [-0.3, -0.25) is 0 Å². The first-order valence-electron chi connectivity index (χ1n) is 10.7. The second kappa shape index (κ2) is 8.69. The van der Waals surface area contributed by atoms with E-state index in [1.807, 2.05) is 12.4 Å². The first-order chi connectivity index (χ1) is 15.2. The number of nitrogens with zero attached hydrogens (tertiary/aromatic N) is 2. The summed E-state index contributed by atoms with van der Waals surface area (Å²) in [6.45, 7) is 1.50. The number of ether oxygens (including phenoxy) is 1. The Kier molecular flexibility index (Phi) is 5.61.